The van der Waals surface area contributed by atoms with E-state index in [0.29, 0.717) is 5.56 Å². The zero-order chi connectivity index (χ0) is 18.6. The Bertz CT molecular complexity index is 753. The van der Waals surface area contributed by atoms with Gasteiger partial charge < -0.3 is 14.8 Å². The van der Waals surface area contributed by atoms with Crippen molar-refractivity contribution in [1.29, 1.82) is 0 Å². The van der Waals surface area contributed by atoms with Crippen LogP contribution in [0, 0.1) is 6.92 Å². The van der Waals surface area contributed by atoms with Crippen LogP contribution in [-0.2, 0) is 11.2 Å². The van der Waals surface area contributed by atoms with Gasteiger partial charge in [0.15, 0.2) is 0 Å². The minimum Gasteiger partial charge on any atom is -0.481 e. The number of alkyl halides is 3. The summed E-state index contributed by atoms with van der Waals surface area (Å²) < 4.78 is 44.9. The van der Waals surface area contributed by atoms with Gasteiger partial charge in [-0.25, -0.2) is 0 Å². The van der Waals surface area contributed by atoms with E-state index in [1.807, 2.05) is 0 Å². The molecule has 1 aromatic carbocycles. The molecule has 0 bridgehead atoms. The highest BCUT2D eigenvalue weighted by Gasteiger charge is 2.40. The van der Waals surface area contributed by atoms with Crippen LogP contribution in [0.1, 0.15) is 33.2 Å². The zero-order valence-electron chi connectivity index (χ0n) is 13.3. The summed E-state index contributed by atoms with van der Waals surface area (Å²) in [5, 5.41) is 11.0. The average molecular weight is 355 g/mol. The molecule has 0 radical (unpaired) electrons. The first-order chi connectivity index (χ1) is 11.7. The highest BCUT2D eigenvalue weighted by molar-refractivity contribution is 5.97. The number of aliphatic carboxylic acids is 1. The van der Waals surface area contributed by atoms with Crippen LogP contribution in [0.25, 0.3) is 0 Å². The molecule has 0 spiro atoms. The third kappa shape index (κ3) is 4.62. The van der Waals surface area contributed by atoms with Gasteiger partial charge in [0, 0.05) is 12.1 Å². The molecule has 2 rings (SSSR count). The van der Waals surface area contributed by atoms with E-state index < -0.39 is 36.9 Å². The SMILES string of the molecule is Cc1coc(CC(=O)O)c1C(=O)NCC(c1ccccc1)C(F)(F)F. The first kappa shape index (κ1) is 18.6. The maximum Gasteiger partial charge on any atom is 0.397 e. The predicted molar refractivity (Wildman–Crippen MR) is 82.4 cm³/mol. The molecule has 1 amide bonds. The molecule has 0 aliphatic heterocycles. The fourth-order valence-electron chi connectivity index (χ4n) is 2.46. The third-order valence-corrected chi connectivity index (χ3v) is 3.65. The number of aryl methyl sites for hydroxylation is 1. The van der Waals surface area contributed by atoms with Crippen LogP contribution in [0.15, 0.2) is 41.0 Å². The Balaban J connectivity index is 2.17. The van der Waals surface area contributed by atoms with Gasteiger partial charge in [0.05, 0.1) is 17.7 Å². The monoisotopic (exact) mass is 355 g/mol. The van der Waals surface area contributed by atoms with E-state index in [1.165, 1.54) is 37.5 Å². The molecule has 2 N–H and O–H groups in total. The maximum absolute atomic E-state index is 13.3. The summed E-state index contributed by atoms with van der Waals surface area (Å²) in [7, 11) is 0. The number of amides is 1. The maximum atomic E-state index is 13.3. The Morgan fingerprint density at radius 3 is 2.44 bits per heavy atom. The van der Waals surface area contributed by atoms with E-state index in [-0.39, 0.29) is 16.9 Å². The van der Waals surface area contributed by atoms with Crippen LogP contribution in [0.3, 0.4) is 0 Å². The summed E-state index contributed by atoms with van der Waals surface area (Å²) in [6.45, 7) is 0.853. The molecule has 0 saturated heterocycles. The van der Waals surface area contributed by atoms with E-state index in [2.05, 4.69) is 5.32 Å². The lowest BCUT2D eigenvalue weighted by Crippen LogP contribution is -2.35. The molecule has 25 heavy (non-hydrogen) atoms. The molecule has 5 nitrogen and oxygen atoms in total. The largest absolute Gasteiger partial charge is 0.481 e. The van der Waals surface area contributed by atoms with Crippen molar-refractivity contribution in [3.8, 4) is 0 Å². The summed E-state index contributed by atoms with van der Waals surface area (Å²) in [6.07, 6.45) is -3.87. The average Bonchev–Trinajstić information content (AvgIpc) is 2.87. The lowest BCUT2D eigenvalue weighted by atomic mass is 9.98. The van der Waals surface area contributed by atoms with Gasteiger partial charge in [0.1, 0.15) is 12.2 Å². The van der Waals surface area contributed by atoms with Crippen molar-refractivity contribution in [2.24, 2.45) is 0 Å². The smallest absolute Gasteiger partial charge is 0.397 e. The predicted octanol–water partition coefficient (Wildman–Crippen LogP) is 3.29. The summed E-state index contributed by atoms with van der Waals surface area (Å²) in [5.41, 5.74) is 0.346. The van der Waals surface area contributed by atoms with Crippen molar-refractivity contribution in [2.45, 2.75) is 25.4 Å². The van der Waals surface area contributed by atoms with E-state index in [1.54, 1.807) is 6.07 Å². The second kappa shape index (κ2) is 7.42. The van der Waals surface area contributed by atoms with Crippen molar-refractivity contribution in [1.82, 2.24) is 5.32 Å². The number of carboxylic acids is 1. The van der Waals surface area contributed by atoms with Gasteiger partial charge in [-0.2, -0.15) is 13.2 Å². The number of nitrogens with one attached hydrogen (secondary N) is 1. The van der Waals surface area contributed by atoms with Crippen molar-refractivity contribution >= 4 is 11.9 Å². The molecule has 1 aromatic heterocycles. The molecule has 0 fully saturated rings. The number of carbonyl (C=O) groups is 2. The van der Waals surface area contributed by atoms with Crippen LogP contribution >= 0.6 is 0 Å². The zero-order valence-corrected chi connectivity index (χ0v) is 13.3. The van der Waals surface area contributed by atoms with Crippen LogP contribution in [0.2, 0.25) is 0 Å². The number of carbonyl (C=O) groups excluding carboxylic acids is 1. The number of benzene rings is 1. The quantitative estimate of drug-likeness (QED) is 0.833. The van der Waals surface area contributed by atoms with Gasteiger partial charge in [-0.15, -0.1) is 0 Å². The van der Waals surface area contributed by atoms with Crippen LogP contribution in [-0.4, -0.2) is 29.7 Å². The van der Waals surface area contributed by atoms with E-state index in [4.69, 9.17) is 9.52 Å². The van der Waals surface area contributed by atoms with Gasteiger partial charge in [0.2, 0.25) is 0 Å². The molecule has 2 aromatic rings. The Morgan fingerprint density at radius 1 is 1.24 bits per heavy atom. The van der Waals surface area contributed by atoms with Crippen LogP contribution < -0.4 is 5.32 Å². The standard InChI is InChI=1S/C17H16F3NO4/c1-10-9-25-13(7-14(22)23)15(10)16(24)21-8-12(17(18,19)20)11-5-3-2-4-6-11/h2-6,9,12H,7-8H2,1H3,(H,21,24)(H,22,23). The number of carboxylic acid groups (broad SMARTS) is 1. The van der Waals surface area contributed by atoms with Gasteiger partial charge >= 0.3 is 12.1 Å². The van der Waals surface area contributed by atoms with Gasteiger partial charge in [-0.1, -0.05) is 30.3 Å². The molecule has 1 atom stereocenters. The van der Waals surface area contributed by atoms with Gasteiger partial charge in [-0.3, -0.25) is 9.59 Å². The van der Waals surface area contributed by atoms with Crippen molar-refractivity contribution < 1.29 is 32.3 Å². The highest BCUT2D eigenvalue weighted by atomic mass is 19.4. The fraction of sp³-hybridized carbons (Fsp3) is 0.294. The second-order valence-electron chi connectivity index (χ2n) is 5.50. The molecule has 1 unspecified atom stereocenters. The molecule has 1 heterocycles. The summed E-state index contributed by atoms with van der Waals surface area (Å²) in [6, 6.07) is 7.25. The Morgan fingerprint density at radius 2 is 1.88 bits per heavy atom. The molecule has 0 aliphatic carbocycles. The van der Waals surface area contributed by atoms with Crippen LogP contribution in [0.5, 0.6) is 0 Å². The molecule has 0 aliphatic rings. The first-order valence-corrected chi connectivity index (χ1v) is 7.38. The van der Waals surface area contributed by atoms with Crippen molar-refractivity contribution in [2.75, 3.05) is 6.54 Å². The van der Waals surface area contributed by atoms with E-state index in [9.17, 15) is 22.8 Å². The number of hydrogen-bond donors (Lipinski definition) is 2. The molecule has 0 saturated carbocycles. The molecular formula is C17H16F3NO4. The van der Waals surface area contributed by atoms with Crippen molar-refractivity contribution in [3.05, 3.63) is 59.0 Å². The topological polar surface area (TPSA) is 79.5 Å². The van der Waals surface area contributed by atoms with Gasteiger partial charge in [0.25, 0.3) is 5.91 Å². The third-order valence-electron chi connectivity index (χ3n) is 3.65. The van der Waals surface area contributed by atoms with Gasteiger partial charge in [-0.05, 0) is 12.5 Å². The molecule has 134 valence electrons. The Kier molecular flexibility index (Phi) is 5.51. The highest BCUT2D eigenvalue weighted by Crippen LogP contribution is 2.34. The summed E-state index contributed by atoms with van der Waals surface area (Å²) in [5.74, 6) is -3.97. The Labute approximate surface area is 141 Å². The summed E-state index contributed by atoms with van der Waals surface area (Å²) in [4.78, 5) is 23.1. The second-order valence-corrected chi connectivity index (χ2v) is 5.50. The summed E-state index contributed by atoms with van der Waals surface area (Å²) >= 11 is 0. The minimum atomic E-state index is -4.54. The number of hydrogen-bond acceptors (Lipinski definition) is 3. The molecule has 8 heteroatoms. The minimum absolute atomic E-state index is 0.0324. The van der Waals surface area contributed by atoms with E-state index >= 15 is 0 Å². The van der Waals surface area contributed by atoms with Crippen molar-refractivity contribution in [3.63, 3.8) is 0 Å². The number of furan rings is 1. The fourth-order valence-corrected chi connectivity index (χ4v) is 2.46. The molecular weight excluding hydrogens is 339 g/mol. The van der Waals surface area contributed by atoms with E-state index in [0.717, 1.165) is 0 Å². The van der Waals surface area contributed by atoms with Crippen LogP contribution in [0.4, 0.5) is 13.2 Å². The first-order valence-electron chi connectivity index (χ1n) is 7.38. The number of halogens is 3. The normalized spacial score (nSPS) is 12.6. The lowest BCUT2D eigenvalue weighted by molar-refractivity contribution is -0.149. The lowest BCUT2D eigenvalue weighted by Gasteiger charge is -2.21. The number of rotatable bonds is 6. The Hall–Kier alpha value is -2.77.